The molecule has 2 rings (SSSR count). The molecule has 1 saturated heterocycles. The van der Waals surface area contributed by atoms with Gasteiger partial charge in [-0.1, -0.05) is 19.1 Å². The van der Waals surface area contributed by atoms with Crippen molar-refractivity contribution in [1.29, 1.82) is 0 Å². The summed E-state index contributed by atoms with van der Waals surface area (Å²) in [5.74, 6) is -0.534. The van der Waals surface area contributed by atoms with Crippen molar-refractivity contribution in [1.82, 2.24) is 5.32 Å². The van der Waals surface area contributed by atoms with E-state index in [1.807, 2.05) is 6.92 Å². The van der Waals surface area contributed by atoms with Gasteiger partial charge >= 0.3 is 6.18 Å². The van der Waals surface area contributed by atoms with Crippen molar-refractivity contribution in [2.75, 3.05) is 18.4 Å². The number of anilines is 1. The van der Waals surface area contributed by atoms with Gasteiger partial charge in [0, 0.05) is 6.54 Å². The van der Waals surface area contributed by atoms with Crippen molar-refractivity contribution in [3.8, 4) is 0 Å². The lowest BCUT2D eigenvalue weighted by molar-refractivity contribution is -0.137. The van der Waals surface area contributed by atoms with E-state index in [0.717, 1.165) is 6.07 Å². The molecule has 104 valence electrons. The lowest BCUT2D eigenvalue weighted by Crippen LogP contribution is -2.28. The lowest BCUT2D eigenvalue weighted by Gasteiger charge is -2.17. The van der Waals surface area contributed by atoms with Gasteiger partial charge < -0.3 is 10.6 Å². The molecule has 2 atom stereocenters. The van der Waals surface area contributed by atoms with Crippen molar-refractivity contribution < 1.29 is 18.0 Å². The van der Waals surface area contributed by atoms with Crippen LogP contribution in [-0.4, -0.2) is 19.0 Å². The highest BCUT2D eigenvalue weighted by Crippen LogP contribution is 2.35. The number of amides is 1. The van der Waals surface area contributed by atoms with E-state index in [-0.39, 0.29) is 23.4 Å². The summed E-state index contributed by atoms with van der Waals surface area (Å²) in [6.45, 7) is 3.11. The first-order valence-electron chi connectivity index (χ1n) is 6.07. The molecular weight excluding hydrogens is 257 g/mol. The Balaban J connectivity index is 2.17. The molecular formula is C13H15F3N2O. The third-order valence-electron chi connectivity index (χ3n) is 3.34. The SMILES string of the molecule is C[C@@H]1CNC[C@H]1C(=O)Nc1ccccc1C(F)(F)F. The first kappa shape index (κ1) is 13.9. The topological polar surface area (TPSA) is 41.1 Å². The summed E-state index contributed by atoms with van der Waals surface area (Å²) >= 11 is 0. The average molecular weight is 272 g/mol. The highest BCUT2D eigenvalue weighted by atomic mass is 19.4. The van der Waals surface area contributed by atoms with E-state index in [2.05, 4.69) is 10.6 Å². The van der Waals surface area contributed by atoms with Gasteiger partial charge in [0.1, 0.15) is 0 Å². The van der Waals surface area contributed by atoms with Gasteiger partial charge in [0.05, 0.1) is 17.2 Å². The van der Waals surface area contributed by atoms with E-state index in [4.69, 9.17) is 0 Å². The summed E-state index contributed by atoms with van der Waals surface area (Å²) in [6.07, 6.45) is -4.47. The fourth-order valence-corrected chi connectivity index (χ4v) is 2.23. The molecule has 0 unspecified atom stereocenters. The summed E-state index contributed by atoms with van der Waals surface area (Å²) in [5, 5.41) is 5.44. The van der Waals surface area contributed by atoms with E-state index >= 15 is 0 Å². The molecule has 3 nitrogen and oxygen atoms in total. The zero-order valence-corrected chi connectivity index (χ0v) is 10.4. The van der Waals surface area contributed by atoms with Crippen molar-refractivity contribution in [3.05, 3.63) is 29.8 Å². The Hall–Kier alpha value is -1.56. The Morgan fingerprint density at radius 1 is 1.32 bits per heavy atom. The molecule has 0 aromatic heterocycles. The molecule has 1 aliphatic rings. The smallest absolute Gasteiger partial charge is 0.325 e. The Morgan fingerprint density at radius 2 is 2.00 bits per heavy atom. The van der Waals surface area contributed by atoms with Crippen LogP contribution < -0.4 is 10.6 Å². The molecule has 0 spiro atoms. The molecule has 0 radical (unpaired) electrons. The number of nitrogens with one attached hydrogen (secondary N) is 2. The molecule has 1 heterocycles. The predicted octanol–water partition coefficient (Wildman–Crippen LogP) is 2.50. The number of carbonyl (C=O) groups is 1. The van der Waals surface area contributed by atoms with Gasteiger partial charge in [0.2, 0.25) is 5.91 Å². The fraction of sp³-hybridized carbons (Fsp3) is 0.462. The Labute approximate surface area is 109 Å². The van der Waals surface area contributed by atoms with E-state index < -0.39 is 11.7 Å². The van der Waals surface area contributed by atoms with Gasteiger partial charge in [-0.25, -0.2) is 0 Å². The maximum absolute atomic E-state index is 12.8. The largest absolute Gasteiger partial charge is 0.418 e. The molecule has 1 fully saturated rings. The standard InChI is InChI=1S/C13H15F3N2O/c1-8-6-17-7-9(8)12(19)18-11-5-3-2-4-10(11)13(14,15)16/h2-5,8-9,17H,6-7H2,1H3,(H,18,19)/t8-,9-/m1/s1. The van der Waals surface area contributed by atoms with Crippen LogP contribution in [0.1, 0.15) is 12.5 Å². The molecule has 6 heteroatoms. The number of alkyl halides is 3. The van der Waals surface area contributed by atoms with Crippen molar-refractivity contribution in [2.45, 2.75) is 13.1 Å². The van der Waals surface area contributed by atoms with E-state index in [0.29, 0.717) is 13.1 Å². The first-order valence-corrected chi connectivity index (χ1v) is 6.07. The zero-order valence-electron chi connectivity index (χ0n) is 10.4. The Kier molecular flexibility index (Phi) is 3.80. The molecule has 1 aromatic rings. The number of benzene rings is 1. The van der Waals surface area contributed by atoms with Crippen molar-refractivity contribution >= 4 is 11.6 Å². The van der Waals surface area contributed by atoms with Crippen LogP contribution in [0.4, 0.5) is 18.9 Å². The van der Waals surface area contributed by atoms with Gasteiger partial charge in [-0.2, -0.15) is 13.2 Å². The molecule has 0 aliphatic carbocycles. The number of hydrogen-bond acceptors (Lipinski definition) is 2. The van der Waals surface area contributed by atoms with Gasteiger partial charge in [0.15, 0.2) is 0 Å². The van der Waals surface area contributed by atoms with Gasteiger partial charge in [-0.3, -0.25) is 4.79 Å². The minimum Gasteiger partial charge on any atom is -0.325 e. The van der Waals surface area contributed by atoms with Crippen LogP contribution in [0, 0.1) is 11.8 Å². The Bertz CT molecular complexity index is 473. The quantitative estimate of drug-likeness (QED) is 0.868. The third-order valence-corrected chi connectivity index (χ3v) is 3.34. The molecule has 19 heavy (non-hydrogen) atoms. The molecule has 1 amide bonds. The number of rotatable bonds is 2. The lowest BCUT2D eigenvalue weighted by atomic mass is 9.97. The van der Waals surface area contributed by atoms with E-state index in [1.165, 1.54) is 18.2 Å². The molecule has 2 N–H and O–H groups in total. The van der Waals surface area contributed by atoms with Crippen LogP contribution in [0.25, 0.3) is 0 Å². The van der Waals surface area contributed by atoms with Gasteiger partial charge in [-0.05, 0) is 24.6 Å². The molecule has 0 bridgehead atoms. The highest BCUT2D eigenvalue weighted by Gasteiger charge is 2.35. The second-order valence-electron chi connectivity index (χ2n) is 4.77. The van der Waals surface area contributed by atoms with Crippen molar-refractivity contribution in [3.63, 3.8) is 0 Å². The van der Waals surface area contributed by atoms with Crippen LogP contribution in [0.5, 0.6) is 0 Å². The van der Waals surface area contributed by atoms with Crippen LogP contribution in [0.2, 0.25) is 0 Å². The number of hydrogen-bond donors (Lipinski definition) is 2. The minimum absolute atomic E-state index is 0.123. The summed E-state index contributed by atoms with van der Waals surface area (Å²) in [4.78, 5) is 12.0. The van der Waals surface area contributed by atoms with Crippen LogP contribution >= 0.6 is 0 Å². The number of carbonyl (C=O) groups excluding carboxylic acids is 1. The maximum atomic E-state index is 12.8. The fourth-order valence-electron chi connectivity index (χ4n) is 2.23. The summed E-state index contributed by atoms with van der Waals surface area (Å²) in [7, 11) is 0. The van der Waals surface area contributed by atoms with Crippen LogP contribution in [-0.2, 0) is 11.0 Å². The third kappa shape index (κ3) is 3.07. The van der Waals surface area contributed by atoms with Crippen molar-refractivity contribution in [2.24, 2.45) is 11.8 Å². The summed E-state index contributed by atoms with van der Waals surface area (Å²) < 4.78 is 38.4. The second-order valence-corrected chi connectivity index (χ2v) is 4.77. The molecule has 1 aliphatic heterocycles. The monoisotopic (exact) mass is 272 g/mol. The second kappa shape index (κ2) is 5.21. The normalized spacial score (nSPS) is 23.4. The summed E-state index contributed by atoms with van der Waals surface area (Å²) in [6, 6.07) is 5.01. The zero-order chi connectivity index (χ0) is 14.0. The minimum atomic E-state index is -4.47. The van der Waals surface area contributed by atoms with E-state index in [1.54, 1.807) is 0 Å². The maximum Gasteiger partial charge on any atom is 0.418 e. The highest BCUT2D eigenvalue weighted by molar-refractivity contribution is 5.93. The molecule has 1 aromatic carbocycles. The predicted molar refractivity (Wildman–Crippen MR) is 65.6 cm³/mol. The Morgan fingerprint density at radius 3 is 2.58 bits per heavy atom. The first-order chi connectivity index (χ1) is 8.89. The number of para-hydroxylation sites is 1. The number of halogens is 3. The summed E-state index contributed by atoms with van der Waals surface area (Å²) in [5.41, 5.74) is -0.999. The van der Waals surface area contributed by atoms with Crippen LogP contribution in [0.15, 0.2) is 24.3 Å². The average Bonchev–Trinajstić information content (AvgIpc) is 2.75. The van der Waals surface area contributed by atoms with Gasteiger partial charge in [0.25, 0.3) is 0 Å². The van der Waals surface area contributed by atoms with E-state index in [9.17, 15) is 18.0 Å². The van der Waals surface area contributed by atoms with Gasteiger partial charge in [-0.15, -0.1) is 0 Å². The van der Waals surface area contributed by atoms with Crippen LogP contribution in [0.3, 0.4) is 0 Å². The molecule has 0 saturated carbocycles.